The number of aromatic nitrogens is 4. The molecule has 4 heterocycles. The topological polar surface area (TPSA) is 76.3 Å². The minimum Gasteiger partial charge on any atom is -0.507 e. The van der Waals surface area contributed by atoms with Gasteiger partial charge in [0.15, 0.2) is 5.01 Å². The van der Waals surface area contributed by atoms with Crippen LogP contribution in [0.25, 0.3) is 16.3 Å². The lowest BCUT2D eigenvalue weighted by molar-refractivity contribution is -0.104. The van der Waals surface area contributed by atoms with Crippen LogP contribution < -0.4 is 4.74 Å². The Hall–Kier alpha value is -2.45. The number of hydrogen-bond donors (Lipinski definition) is 1. The van der Waals surface area contributed by atoms with Crippen molar-refractivity contribution in [3.05, 3.63) is 36.2 Å². The summed E-state index contributed by atoms with van der Waals surface area (Å²) in [5, 5.41) is 24.8. The SMILES string of the molecule is Cc1ccn(-c2ccc(-c3nnc(OC4CC5CC(C)C(C)C(C)(C4)N5C)s3)c(O)c2)n1. The molecule has 2 saturated heterocycles. The Morgan fingerprint density at radius 2 is 2.00 bits per heavy atom. The molecular weight excluding hydrogens is 422 g/mol. The number of ether oxygens (including phenoxy) is 1. The lowest BCUT2D eigenvalue weighted by atomic mass is 9.64. The molecule has 1 N–H and O–H groups in total. The first-order valence-electron chi connectivity index (χ1n) is 11.3. The van der Waals surface area contributed by atoms with Crippen molar-refractivity contribution in [2.45, 2.75) is 64.6 Å². The Morgan fingerprint density at radius 1 is 1.19 bits per heavy atom. The number of benzene rings is 1. The third-order valence-corrected chi connectivity index (χ3v) is 8.73. The Bertz CT molecular complexity index is 1120. The van der Waals surface area contributed by atoms with Gasteiger partial charge in [0.2, 0.25) is 0 Å². The summed E-state index contributed by atoms with van der Waals surface area (Å²) in [5.41, 5.74) is 2.52. The number of fused-ring (bicyclic) bond motifs is 2. The average molecular weight is 454 g/mol. The van der Waals surface area contributed by atoms with E-state index >= 15 is 0 Å². The normalized spacial score (nSPS) is 30.4. The van der Waals surface area contributed by atoms with Crippen molar-refractivity contribution in [3.63, 3.8) is 0 Å². The minimum atomic E-state index is 0.135. The number of hydrogen-bond acceptors (Lipinski definition) is 7. The van der Waals surface area contributed by atoms with Crippen LogP contribution in [0.2, 0.25) is 0 Å². The van der Waals surface area contributed by atoms with E-state index in [2.05, 4.69) is 48.0 Å². The first kappa shape index (κ1) is 21.4. The van der Waals surface area contributed by atoms with Gasteiger partial charge >= 0.3 is 0 Å². The maximum absolute atomic E-state index is 10.6. The number of phenols is 1. The lowest BCUT2D eigenvalue weighted by Gasteiger charge is -2.59. The fourth-order valence-electron chi connectivity index (χ4n) is 5.58. The van der Waals surface area contributed by atoms with Gasteiger partial charge in [0.05, 0.1) is 16.9 Å². The maximum Gasteiger partial charge on any atom is 0.294 e. The zero-order chi connectivity index (χ0) is 22.6. The van der Waals surface area contributed by atoms with E-state index in [4.69, 9.17) is 4.74 Å². The molecule has 2 aromatic heterocycles. The molecule has 7 nitrogen and oxygen atoms in total. The lowest BCUT2D eigenvalue weighted by Crippen LogP contribution is -2.65. The molecular formula is C24H31N5O2S. The Balaban J connectivity index is 1.33. The van der Waals surface area contributed by atoms with Crippen LogP contribution in [-0.2, 0) is 0 Å². The second kappa shape index (κ2) is 7.85. The second-order valence-corrected chi connectivity index (χ2v) is 10.7. The zero-order valence-electron chi connectivity index (χ0n) is 19.3. The third kappa shape index (κ3) is 3.59. The third-order valence-electron chi connectivity index (χ3n) is 7.88. The van der Waals surface area contributed by atoms with Crippen molar-refractivity contribution in [2.75, 3.05) is 7.05 Å². The standard InChI is InChI=1S/C24H31N5O2S/c1-14-10-18-11-19(13-24(4,16(14)3)28(18)5)31-23-26-25-22(32-23)20-7-6-17(12-21(20)30)29-9-8-15(2)27-29/h6-9,12,14,16,18-19,30H,10-11,13H2,1-5H3. The van der Waals surface area contributed by atoms with Crippen LogP contribution in [0.15, 0.2) is 30.5 Å². The highest BCUT2D eigenvalue weighted by atomic mass is 32.1. The van der Waals surface area contributed by atoms with E-state index in [1.807, 2.05) is 31.3 Å². The van der Waals surface area contributed by atoms with Gasteiger partial charge in [-0.2, -0.15) is 5.10 Å². The van der Waals surface area contributed by atoms with Gasteiger partial charge in [-0.3, -0.25) is 4.90 Å². The molecule has 0 saturated carbocycles. The Morgan fingerprint density at radius 3 is 2.72 bits per heavy atom. The number of aryl methyl sites for hydroxylation is 1. The summed E-state index contributed by atoms with van der Waals surface area (Å²) in [6.45, 7) is 9.07. The van der Waals surface area contributed by atoms with E-state index in [9.17, 15) is 5.11 Å². The first-order valence-corrected chi connectivity index (χ1v) is 12.2. The molecule has 32 heavy (non-hydrogen) atoms. The number of rotatable bonds is 4. The molecule has 8 heteroatoms. The molecule has 2 aliphatic heterocycles. The van der Waals surface area contributed by atoms with Crippen LogP contribution in [0.5, 0.6) is 10.9 Å². The van der Waals surface area contributed by atoms with E-state index in [-0.39, 0.29) is 17.4 Å². The van der Waals surface area contributed by atoms with Gasteiger partial charge in [-0.25, -0.2) is 4.68 Å². The van der Waals surface area contributed by atoms with Crippen molar-refractivity contribution in [1.82, 2.24) is 24.9 Å². The highest BCUT2D eigenvalue weighted by molar-refractivity contribution is 7.16. The second-order valence-electron chi connectivity index (χ2n) is 9.78. The molecule has 2 fully saturated rings. The van der Waals surface area contributed by atoms with Crippen molar-refractivity contribution >= 4 is 11.3 Å². The van der Waals surface area contributed by atoms with Crippen molar-refractivity contribution < 1.29 is 9.84 Å². The monoisotopic (exact) mass is 453 g/mol. The first-order chi connectivity index (χ1) is 15.2. The minimum absolute atomic E-state index is 0.135. The van der Waals surface area contributed by atoms with E-state index in [0.29, 0.717) is 27.7 Å². The molecule has 5 rings (SSSR count). The Labute approximate surface area is 193 Å². The van der Waals surface area contributed by atoms with Crippen LogP contribution in [0.4, 0.5) is 0 Å². The van der Waals surface area contributed by atoms with Gasteiger partial charge in [0, 0.05) is 36.7 Å². The zero-order valence-corrected chi connectivity index (χ0v) is 20.1. The quantitative estimate of drug-likeness (QED) is 0.618. The molecule has 170 valence electrons. The summed E-state index contributed by atoms with van der Waals surface area (Å²) in [5.74, 6) is 1.50. The van der Waals surface area contributed by atoms with Crippen LogP contribution in [0.3, 0.4) is 0 Å². The number of piperidine rings is 2. The van der Waals surface area contributed by atoms with E-state index in [1.165, 1.54) is 17.8 Å². The van der Waals surface area contributed by atoms with Crippen LogP contribution in [0.1, 0.15) is 45.7 Å². The van der Waals surface area contributed by atoms with E-state index < -0.39 is 0 Å². The summed E-state index contributed by atoms with van der Waals surface area (Å²) < 4.78 is 8.09. The smallest absolute Gasteiger partial charge is 0.294 e. The van der Waals surface area contributed by atoms with Gasteiger partial charge in [-0.15, -0.1) is 5.10 Å². The summed E-state index contributed by atoms with van der Waals surface area (Å²) >= 11 is 1.39. The van der Waals surface area contributed by atoms with Crippen LogP contribution in [-0.4, -0.2) is 54.7 Å². The fourth-order valence-corrected chi connectivity index (χ4v) is 6.37. The van der Waals surface area contributed by atoms with Gasteiger partial charge < -0.3 is 9.84 Å². The van der Waals surface area contributed by atoms with Crippen LogP contribution in [0, 0.1) is 18.8 Å². The van der Waals surface area contributed by atoms with E-state index in [0.717, 1.165) is 30.1 Å². The molecule has 0 amide bonds. The fraction of sp³-hybridized carbons (Fsp3) is 0.542. The van der Waals surface area contributed by atoms with Gasteiger partial charge in [0.25, 0.3) is 5.19 Å². The summed E-state index contributed by atoms with van der Waals surface area (Å²) in [6.07, 6.45) is 5.23. The van der Waals surface area contributed by atoms with Crippen molar-refractivity contribution in [1.29, 1.82) is 0 Å². The van der Waals surface area contributed by atoms with Crippen molar-refractivity contribution in [3.8, 4) is 27.2 Å². The van der Waals surface area contributed by atoms with E-state index in [1.54, 1.807) is 10.7 Å². The predicted octanol–water partition coefficient (Wildman–Crippen LogP) is 4.68. The molecule has 0 aliphatic carbocycles. The summed E-state index contributed by atoms with van der Waals surface area (Å²) in [7, 11) is 2.27. The maximum atomic E-state index is 10.6. The number of phenolic OH excluding ortho intramolecular Hbond substituents is 1. The molecule has 2 aliphatic rings. The average Bonchev–Trinajstić information content (AvgIpc) is 3.39. The number of nitrogens with zero attached hydrogens (tertiary/aromatic N) is 5. The molecule has 5 unspecified atom stereocenters. The molecule has 2 bridgehead atoms. The van der Waals surface area contributed by atoms with Crippen LogP contribution >= 0.6 is 11.3 Å². The Kier molecular flexibility index (Phi) is 5.25. The molecule has 0 spiro atoms. The summed E-state index contributed by atoms with van der Waals surface area (Å²) in [4.78, 5) is 2.57. The van der Waals surface area contributed by atoms with Gasteiger partial charge in [0.1, 0.15) is 11.9 Å². The molecule has 0 radical (unpaired) electrons. The highest BCUT2D eigenvalue weighted by Crippen LogP contribution is 2.47. The largest absolute Gasteiger partial charge is 0.507 e. The highest BCUT2D eigenvalue weighted by Gasteiger charge is 2.51. The van der Waals surface area contributed by atoms with Gasteiger partial charge in [-0.05, 0) is 57.4 Å². The van der Waals surface area contributed by atoms with Gasteiger partial charge in [-0.1, -0.05) is 30.3 Å². The predicted molar refractivity (Wildman–Crippen MR) is 125 cm³/mol. The molecule has 5 atom stereocenters. The molecule has 1 aromatic carbocycles. The van der Waals surface area contributed by atoms with Crippen molar-refractivity contribution in [2.24, 2.45) is 11.8 Å². The number of aromatic hydroxyl groups is 1. The molecule has 3 aromatic rings. The summed E-state index contributed by atoms with van der Waals surface area (Å²) in [6, 6.07) is 7.95.